The van der Waals surface area contributed by atoms with Crippen molar-refractivity contribution in [1.29, 1.82) is 0 Å². The van der Waals surface area contributed by atoms with Gasteiger partial charge in [0.1, 0.15) is 0 Å². The second kappa shape index (κ2) is 4.87. The highest BCUT2D eigenvalue weighted by Gasteiger charge is 2.38. The third-order valence-electron chi connectivity index (χ3n) is 3.37. The van der Waals surface area contributed by atoms with E-state index >= 15 is 0 Å². The van der Waals surface area contributed by atoms with E-state index in [0.717, 1.165) is 0 Å². The maximum absolute atomic E-state index is 13.5. The fraction of sp³-hybridized carbons (Fsp3) is 0.133. The lowest BCUT2D eigenvalue weighted by Gasteiger charge is -2.11. The van der Waals surface area contributed by atoms with Gasteiger partial charge in [0.25, 0.3) is 0 Å². The summed E-state index contributed by atoms with van der Waals surface area (Å²) < 4.78 is 42.8. The van der Waals surface area contributed by atoms with Crippen LogP contribution in [0.5, 0.6) is 0 Å². The minimum absolute atomic E-state index is 0.123. The summed E-state index contributed by atoms with van der Waals surface area (Å²) in [6, 6.07) is 8.15. The number of aromatic nitrogens is 2. The van der Waals surface area contributed by atoms with Crippen LogP contribution in [0.4, 0.5) is 13.2 Å². The van der Waals surface area contributed by atoms with E-state index in [1.807, 2.05) is 0 Å². The van der Waals surface area contributed by atoms with Crippen LogP contribution >= 0.6 is 15.9 Å². The summed E-state index contributed by atoms with van der Waals surface area (Å²) in [5.41, 5.74) is 0.466. The first-order chi connectivity index (χ1) is 9.89. The Kier molecular flexibility index (Phi) is 3.28. The molecule has 0 spiro atoms. The molecule has 0 aliphatic rings. The number of nitrogens with zero attached hydrogens (tertiary/aromatic N) is 2. The highest BCUT2D eigenvalue weighted by molar-refractivity contribution is 9.10. The first kappa shape index (κ1) is 14.1. The molecular formula is C15H10BrF3N2. The summed E-state index contributed by atoms with van der Waals surface area (Å²) >= 11 is 3.25. The number of benzene rings is 1. The van der Waals surface area contributed by atoms with E-state index in [9.17, 15) is 13.2 Å². The second-order valence-corrected chi connectivity index (χ2v) is 5.61. The maximum Gasteiger partial charge on any atom is 0.419 e. The summed E-state index contributed by atoms with van der Waals surface area (Å²) in [7, 11) is 1.63. The van der Waals surface area contributed by atoms with Crippen LogP contribution in [0.15, 0.2) is 47.2 Å². The molecule has 2 heterocycles. The highest BCUT2D eigenvalue weighted by Crippen LogP contribution is 2.43. The first-order valence-electron chi connectivity index (χ1n) is 6.15. The third-order valence-corrected chi connectivity index (χ3v) is 3.80. The van der Waals surface area contributed by atoms with Gasteiger partial charge in [-0.1, -0.05) is 18.2 Å². The molecule has 0 atom stereocenters. The van der Waals surface area contributed by atoms with Crippen molar-refractivity contribution < 1.29 is 13.2 Å². The number of halogens is 4. The van der Waals surface area contributed by atoms with E-state index in [1.54, 1.807) is 42.1 Å². The number of aryl methyl sites for hydroxylation is 1. The molecule has 21 heavy (non-hydrogen) atoms. The first-order valence-corrected chi connectivity index (χ1v) is 6.94. The summed E-state index contributed by atoms with van der Waals surface area (Å²) in [6.07, 6.45) is -1.45. The molecule has 1 aromatic carbocycles. The maximum atomic E-state index is 13.5. The van der Waals surface area contributed by atoms with Crippen LogP contribution in [0.2, 0.25) is 0 Å². The molecule has 6 heteroatoms. The summed E-state index contributed by atoms with van der Waals surface area (Å²) in [4.78, 5) is 3.97. The third kappa shape index (κ3) is 2.33. The van der Waals surface area contributed by atoms with Crippen molar-refractivity contribution in [2.24, 2.45) is 7.05 Å². The van der Waals surface area contributed by atoms with Gasteiger partial charge in [-0.25, -0.2) is 0 Å². The predicted molar refractivity (Wildman–Crippen MR) is 78.9 cm³/mol. The van der Waals surface area contributed by atoms with Crippen molar-refractivity contribution in [3.05, 3.63) is 52.8 Å². The molecule has 0 aliphatic carbocycles. The normalized spacial score (nSPS) is 12.0. The van der Waals surface area contributed by atoms with Crippen LogP contribution < -0.4 is 0 Å². The van der Waals surface area contributed by atoms with Gasteiger partial charge in [-0.3, -0.25) is 4.98 Å². The number of pyridine rings is 1. The van der Waals surface area contributed by atoms with E-state index < -0.39 is 11.7 Å². The van der Waals surface area contributed by atoms with Crippen LogP contribution in [0.25, 0.3) is 22.2 Å². The molecule has 0 saturated heterocycles. The number of para-hydroxylation sites is 1. The van der Waals surface area contributed by atoms with Crippen LogP contribution in [-0.4, -0.2) is 9.55 Å². The fourth-order valence-corrected chi connectivity index (χ4v) is 2.92. The largest absolute Gasteiger partial charge is 0.419 e. The zero-order valence-corrected chi connectivity index (χ0v) is 12.5. The minimum atomic E-state index is -4.43. The van der Waals surface area contributed by atoms with Gasteiger partial charge in [-0.05, 0) is 28.1 Å². The number of fused-ring (bicyclic) bond motifs is 1. The number of hydrogen-bond acceptors (Lipinski definition) is 1. The Balaban J connectivity index is 2.44. The molecule has 3 rings (SSSR count). The Labute approximate surface area is 127 Å². The predicted octanol–water partition coefficient (Wildman–Crippen LogP) is 5.02. The van der Waals surface area contributed by atoms with Gasteiger partial charge in [0.05, 0.1) is 11.3 Å². The van der Waals surface area contributed by atoms with Gasteiger partial charge < -0.3 is 4.57 Å². The van der Waals surface area contributed by atoms with Crippen LogP contribution in [-0.2, 0) is 13.2 Å². The Hall–Kier alpha value is -1.82. The molecule has 0 amide bonds. The van der Waals surface area contributed by atoms with Gasteiger partial charge in [-0.15, -0.1) is 0 Å². The Morgan fingerprint density at radius 1 is 1.14 bits per heavy atom. The number of alkyl halides is 3. The van der Waals surface area contributed by atoms with Crippen molar-refractivity contribution in [1.82, 2.24) is 9.55 Å². The summed E-state index contributed by atoms with van der Waals surface area (Å²) in [5.74, 6) is 0. The van der Waals surface area contributed by atoms with Crippen molar-refractivity contribution in [2.45, 2.75) is 6.18 Å². The van der Waals surface area contributed by atoms with E-state index in [0.29, 0.717) is 15.6 Å². The monoisotopic (exact) mass is 354 g/mol. The highest BCUT2D eigenvalue weighted by atomic mass is 79.9. The Bertz CT molecular complexity index is 821. The molecule has 0 bridgehead atoms. The molecular weight excluding hydrogens is 345 g/mol. The summed E-state index contributed by atoms with van der Waals surface area (Å²) in [6.45, 7) is 0. The summed E-state index contributed by atoms with van der Waals surface area (Å²) in [5, 5.41) is 0.197. The molecule has 0 aliphatic heterocycles. The smallest absolute Gasteiger partial charge is 0.343 e. The van der Waals surface area contributed by atoms with Gasteiger partial charge in [0, 0.05) is 40.4 Å². The molecule has 2 nitrogen and oxygen atoms in total. The number of rotatable bonds is 1. The molecule has 0 unspecified atom stereocenters. The van der Waals surface area contributed by atoms with Gasteiger partial charge in [0.2, 0.25) is 0 Å². The van der Waals surface area contributed by atoms with Gasteiger partial charge >= 0.3 is 6.18 Å². The lowest BCUT2D eigenvalue weighted by molar-refractivity contribution is -0.135. The standard InChI is InChI=1S/C15H10BrF3N2/c1-21-12-5-3-2-4-11(12)13(15(17,18)19)14(21)9-6-10(16)8-20-7-9/h2-8H,1H3. The lowest BCUT2D eigenvalue weighted by Crippen LogP contribution is -2.07. The van der Waals surface area contributed by atoms with Crippen LogP contribution in [0.3, 0.4) is 0 Å². The van der Waals surface area contributed by atoms with Crippen molar-refractivity contribution >= 4 is 26.8 Å². The van der Waals surface area contributed by atoms with Crippen molar-refractivity contribution in [3.8, 4) is 11.3 Å². The molecule has 0 fully saturated rings. The molecule has 0 saturated carbocycles. The fourth-order valence-electron chi connectivity index (χ4n) is 2.56. The van der Waals surface area contributed by atoms with E-state index in [2.05, 4.69) is 20.9 Å². The van der Waals surface area contributed by atoms with Crippen LogP contribution in [0, 0.1) is 0 Å². The zero-order valence-electron chi connectivity index (χ0n) is 10.9. The average molecular weight is 355 g/mol. The zero-order chi connectivity index (χ0) is 15.2. The van der Waals surface area contributed by atoms with Gasteiger partial charge in [-0.2, -0.15) is 13.2 Å². The van der Waals surface area contributed by atoms with E-state index in [1.165, 1.54) is 12.3 Å². The van der Waals surface area contributed by atoms with Crippen molar-refractivity contribution in [3.63, 3.8) is 0 Å². The lowest BCUT2D eigenvalue weighted by atomic mass is 10.1. The molecule has 108 valence electrons. The topological polar surface area (TPSA) is 17.8 Å². The molecule has 0 radical (unpaired) electrons. The molecule has 2 aromatic heterocycles. The van der Waals surface area contributed by atoms with Crippen LogP contribution in [0.1, 0.15) is 5.56 Å². The quantitative estimate of drug-likeness (QED) is 0.599. The minimum Gasteiger partial charge on any atom is -0.343 e. The Morgan fingerprint density at radius 3 is 2.52 bits per heavy atom. The number of hydrogen-bond donors (Lipinski definition) is 0. The van der Waals surface area contributed by atoms with E-state index in [4.69, 9.17) is 0 Å². The molecule has 0 N–H and O–H groups in total. The second-order valence-electron chi connectivity index (χ2n) is 4.69. The SMILES string of the molecule is Cn1c(-c2cncc(Br)c2)c(C(F)(F)F)c2ccccc21. The average Bonchev–Trinajstić information content (AvgIpc) is 2.72. The van der Waals surface area contributed by atoms with Gasteiger partial charge in [0.15, 0.2) is 0 Å². The molecule has 3 aromatic rings. The Morgan fingerprint density at radius 2 is 1.86 bits per heavy atom. The van der Waals surface area contributed by atoms with Crippen molar-refractivity contribution in [2.75, 3.05) is 0 Å². The van der Waals surface area contributed by atoms with E-state index in [-0.39, 0.29) is 11.1 Å².